The molecule has 0 heterocycles. The van der Waals surface area contributed by atoms with Gasteiger partial charge >= 0.3 is 5.97 Å². The van der Waals surface area contributed by atoms with Crippen molar-refractivity contribution >= 4 is 5.97 Å². The molecule has 0 radical (unpaired) electrons. The van der Waals surface area contributed by atoms with Gasteiger partial charge in [-0.25, -0.2) is 4.79 Å². The van der Waals surface area contributed by atoms with E-state index in [1.165, 1.54) is 7.11 Å². The van der Waals surface area contributed by atoms with Crippen molar-refractivity contribution in [2.75, 3.05) is 13.7 Å². The van der Waals surface area contributed by atoms with Gasteiger partial charge in [-0.2, -0.15) is 0 Å². The number of aliphatic hydroxyl groups is 2. The Hall–Kier alpha value is -0.910. The fourth-order valence-electron chi connectivity index (χ4n) is 7.44. The van der Waals surface area contributed by atoms with E-state index in [0.717, 1.165) is 51.4 Å². The Balaban J connectivity index is 2.01. The molecule has 33 heavy (non-hydrogen) atoms. The average Bonchev–Trinajstić information content (AvgIpc) is 3.01. The summed E-state index contributed by atoms with van der Waals surface area (Å²) in [6.45, 7) is 17.9. The summed E-state index contributed by atoms with van der Waals surface area (Å²) in [7, 11) is 1.34. The van der Waals surface area contributed by atoms with Crippen molar-refractivity contribution in [1.29, 1.82) is 0 Å². The van der Waals surface area contributed by atoms with Crippen LogP contribution in [0.2, 0.25) is 0 Å². The minimum Gasteiger partial charge on any atom is -0.466 e. The third-order valence-corrected chi connectivity index (χ3v) is 8.38. The van der Waals surface area contributed by atoms with E-state index in [2.05, 4.69) is 48.1 Å². The van der Waals surface area contributed by atoms with Crippen LogP contribution in [0.1, 0.15) is 106 Å². The maximum Gasteiger partial charge on any atom is 0.333 e. The molecule has 0 amide bonds. The average molecular weight is 467 g/mol. The second kappa shape index (κ2) is 10.8. The van der Waals surface area contributed by atoms with Crippen LogP contribution in [0.5, 0.6) is 0 Å². The number of methoxy groups -OCH3 is 1. The van der Waals surface area contributed by atoms with Crippen LogP contribution in [-0.2, 0) is 14.3 Å². The van der Waals surface area contributed by atoms with Crippen LogP contribution in [0.4, 0.5) is 0 Å². The molecule has 2 aliphatic carbocycles. The Morgan fingerprint density at radius 3 is 2.45 bits per heavy atom. The zero-order valence-corrected chi connectivity index (χ0v) is 22.3. The molecule has 2 rings (SSSR count). The Labute approximate surface area is 202 Å². The van der Waals surface area contributed by atoms with Gasteiger partial charge in [0.2, 0.25) is 0 Å². The molecule has 0 aromatic carbocycles. The monoisotopic (exact) mass is 466 g/mol. The van der Waals surface area contributed by atoms with Crippen molar-refractivity contribution in [2.45, 2.75) is 118 Å². The number of carbonyl (C=O) groups excluding carboxylic acids is 1. The summed E-state index contributed by atoms with van der Waals surface area (Å²) >= 11 is 0. The van der Waals surface area contributed by atoms with E-state index in [0.29, 0.717) is 24.5 Å². The third-order valence-electron chi connectivity index (χ3n) is 8.38. The molecule has 2 fully saturated rings. The van der Waals surface area contributed by atoms with E-state index >= 15 is 0 Å². The van der Waals surface area contributed by atoms with Gasteiger partial charge in [-0.15, -0.1) is 0 Å². The predicted molar refractivity (Wildman–Crippen MR) is 133 cm³/mol. The first kappa shape index (κ1) is 28.3. The number of rotatable bonds is 12. The second-order valence-corrected chi connectivity index (χ2v) is 12.7. The summed E-state index contributed by atoms with van der Waals surface area (Å²) in [4.78, 5) is 11.6. The summed E-state index contributed by atoms with van der Waals surface area (Å²) in [5, 5.41) is 22.0. The number of hydrogen-bond acceptors (Lipinski definition) is 5. The summed E-state index contributed by atoms with van der Waals surface area (Å²) in [6, 6.07) is 0. The minimum atomic E-state index is -0.965. The van der Waals surface area contributed by atoms with Gasteiger partial charge in [-0.1, -0.05) is 48.1 Å². The molecule has 0 spiro atoms. The number of ether oxygens (including phenoxy) is 2. The number of fused-ring (bicyclic) bond motifs is 1. The fraction of sp³-hybridized carbons (Fsp3) is 0.893. The molecular weight excluding hydrogens is 416 g/mol. The molecule has 2 saturated carbocycles. The van der Waals surface area contributed by atoms with E-state index in [9.17, 15) is 15.0 Å². The zero-order chi connectivity index (χ0) is 25.1. The van der Waals surface area contributed by atoms with Crippen molar-refractivity contribution in [2.24, 2.45) is 28.1 Å². The smallest absolute Gasteiger partial charge is 0.333 e. The maximum absolute atomic E-state index is 11.6. The fourth-order valence-corrected chi connectivity index (χ4v) is 7.44. The van der Waals surface area contributed by atoms with Gasteiger partial charge in [-0.3, -0.25) is 0 Å². The normalized spacial score (nSPS) is 31.2. The first-order chi connectivity index (χ1) is 15.2. The van der Waals surface area contributed by atoms with Crippen molar-refractivity contribution in [3.05, 3.63) is 12.2 Å². The lowest BCUT2D eigenvalue weighted by atomic mass is 9.59. The Kier molecular flexibility index (Phi) is 9.26. The van der Waals surface area contributed by atoms with E-state index in [1.807, 2.05) is 0 Å². The summed E-state index contributed by atoms with van der Waals surface area (Å²) < 4.78 is 10.8. The minimum absolute atomic E-state index is 0.0736. The van der Waals surface area contributed by atoms with E-state index in [1.54, 1.807) is 0 Å². The molecule has 2 aliphatic rings. The third kappa shape index (κ3) is 7.05. The van der Waals surface area contributed by atoms with Gasteiger partial charge in [-0.05, 0) is 73.5 Å². The number of hydrogen-bond donors (Lipinski definition) is 2. The SMILES string of the molecule is C=C(CC(O)CC(C)(C)CC(C)(C)C[C@H]1CCC2C(O)(OCCC)CCC[C@@]21C)C(=O)OC. The van der Waals surface area contributed by atoms with Crippen molar-refractivity contribution in [3.63, 3.8) is 0 Å². The van der Waals surface area contributed by atoms with Crippen LogP contribution in [0.3, 0.4) is 0 Å². The Morgan fingerprint density at radius 1 is 1.18 bits per heavy atom. The quantitative estimate of drug-likeness (QED) is 0.209. The first-order valence-corrected chi connectivity index (χ1v) is 13.0. The van der Waals surface area contributed by atoms with Crippen molar-refractivity contribution < 1.29 is 24.5 Å². The Morgan fingerprint density at radius 2 is 1.85 bits per heavy atom. The lowest BCUT2D eigenvalue weighted by Crippen LogP contribution is -2.51. The molecule has 0 saturated heterocycles. The van der Waals surface area contributed by atoms with E-state index in [-0.39, 0.29) is 28.6 Å². The molecule has 5 heteroatoms. The number of carbonyl (C=O) groups is 1. The van der Waals surface area contributed by atoms with Crippen molar-refractivity contribution in [1.82, 2.24) is 0 Å². The Bertz CT molecular complexity index is 684. The maximum atomic E-state index is 11.6. The van der Waals surface area contributed by atoms with Gasteiger partial charge in [0, 0.05) is 30.9 Å². The van der Waals surface area contributed by atoms with E-state index < -0.39 is 17.9 Å². The van der Waals surface area contributed by atoms with E-state index in [4.69, 9.17) is 9.47 Å². The zero-order valence-electron chi connectivity index (χ0n) is 22.3. The highest BCUT2D eigenvalue weighted by molar-refractivity contribution is 5.87. The summed E-state index contributed by atoms with van der Waals surface area (Å²) in [5.41, 5.74) is 0.459. The molecule has 3 unspecified atom stereocenters. The largest absolute Gasteiger partial charge is 0.466 e. The van der Waals surface area contributed by atoms with Gasteiger partial charge in [0.05, 0.1) is 13.2 Å². The number of aliphatic hydroxyl groups excluding tert-OH is 1. The highest BCUT2D eigenvalue weighted by atomic mass is 16.6. The highest BCUT2D eigenvalue weighted by Gasteiger charge is 2.58. The standard InChI is InChI=1S/C28H50O5/c1-9-15-33-28(31)14-10-13-27(7)21(11-12-23(27)28)17-25(3,4)19-26(5,6)18-22(29)16-20(2)24(30)32-8/h21-23,29,31H,2,9-19H2,1,3-8H3/t21-,22?,23?,27-,28?/m1/s1. The van der Waals surface area contributed by atoms with Gasteiger partial charge in [0.25, 0.3) is 0 Å². The van der Waals surface area contributed by atoms with Crippen molar-refractivity contribution in [3.8, 4) is 0 Å². The molecule has 2 N–H and O–H groups in total. The molecule has 0 aliphatic heterocycles. The van der Waals surface area contributed by atoms with Crippen LogP contribution >= 0.6 is 0 Å². The molecular formula is C28H50O5. The van der Waals surface area contributed by atoms with Crippen LogP contribution in [0, 0.1) is 28.1 Å². The number of esters is 1. The van der Waals surface area contributed by atoms with Crippen LogP contribution in [-0.4, -0.2) is 41.8 Å². The first-order valence-electron chi connectivity index (χ1n) is 13.0. The summed E-state index contributed by atoms with van der Waals surface area (Å²) in [5.74, 6) is -0.640. The predicted octanol–water partition coefficient (Wildman–Crippen LogP) is 6.02. The molecule has 192 valence electrons. The lowest BCUT2D eigenvalue weighted by Gasteiger charge is -2.50. The second-order valence-electron chi connectivity index (χ2n) is 12.7. The highest BCUT2D eigenvalue weighted by Crippen LogP contribution is 2.61. The van der Waals surface area contributed by atoms with Crippen LogP contribution in [0.15, 0.2) is 12.2 Å². The van der Waals surface area contributed by atoms with Gasteiger partial charge < -0.3 is 19.7 Å². The molecule has 5 atom stereocenters. The molecule has 5 nitrogen and oxygen atoms in total. The lowest BCUT2D eigenvalue weighted by molar-refractivity contribution is -0.274. The van der Waals surface area contributed by atoms with Crippen LogP contribution in [0.25, 0.3) is 0 Å². The molecule has 0 aromatic rings. The van der Waals surface area contributed by atoms with Gasteiger partial charge in [0.1, 0.15) is 0 Å². The molecule has 0 aromatic heterocycles. The molecule has 0 bridgehead atoms. The summed E-state index contributed by atoms with van der Waals surface area (Å²) in [6.07, 6.45) is 8.38. The topological polar surface area (TPSA) is 76.0 Å². The van der Waals surface area contributed by atoms with Crippen LogP contribution < -0.4 is 0 Å². The van der Waals surface area contributed by atoms with Gasteiger partial charge in [0.15, 0.2) is 5.79 Å².